The number of carbonyl (C=O) groups excluding carboxylic acids is 1. The van der Waals surface area contributed by atoms with Crippen molar-refractivity contribution < 1.29 is 4.79 Å². The SMILES string of the molecule is CC(C)(C)c1nc(CN2CCN(C(=O)CC(N)c3ccccc3)CC2)cs1.Cl.Cl. The highest BCUT2D eigenvalue weighted by Gasteiger charge is 2.24. The number of hydrogen-bond acceptors (Lipinski definition) is 5. The molecule has 8 heteroatoms. The summed E-state index contributed by atoms with van der Waals surface area (Å²) in [6.45, 7) is 10.7. The number of carbonyl (C=O) groups is 1. The van der Waals surface area contributed by atoms with E-state index in [-0.39, 0.29) is 42.2 Å². The van der Waals surface area contributed by atoms with Gasteiger partial charge in [-0.05, 0) is 5.56 Å². The van der Waals surface area contributed by atoms with Crippen LogP contribution in [0.5, 0.6) is 0 Å². The molecule has 1 unspecified atom stereocenters. The van der Waals surface area contributed by atoms with Gasteiger partial charge in [-0.1, -0.05) is 51.1 Å². The van der Waals surface area contributed by atoms with Crippen LogP contribution in [0.1, 0.15) is 49.5 Å². The number of piperazine rings is 1. The number of rotatable bonds is 5. The average molecular weight is 459 g/mol. The molecule has 1 atom stereocenters. The van der Waals surface area contributed by atoms with Crippen molar-refractivity contribution in [3.05, 3.63) is 52.0 Å². The maximum absolute atomic E-state index is 12.6. The van der Waals surface area contributed by atoms with Gasteiger partial charge in [0.25, 0.3) is 0 Å². The van der Waals surface area contributed by atoms with Gasteiger partial charge in [-0.25, -0.2) is 4.98 Å². The summed E-state index contributed by atoms with van der Waals surface area (Å²) in [7, 11) is 0. The maximum atomic E-state index is 12.6. The van der Waals surface area contributed by atoms with E-state index in [1.807, 2.05) is 35.2 Å². The van der Waals surface area contributed by atoms with E-state index >= 15 is 0 Å². The van der Waals surface area contributed by atoms with Crippen molar-refractivity contribution in [1.82, 2.24) is 14.8 Å². The molecule has 0 aliphatic carbocycles. The molecule has 2 aromatic rings. The zero-order valence-electron chi connectivity index (χ0n) is 17.3. The van der Waals surface area contributed by atoms with E-state index in [9.17, 15) is 4.79 Å². The van der Waals surface area contributed by atoms with Gasteiger partial charge in [0.2, 0.25) is 5.91 Å². The molecule has 5 nitrogen and oxygen atoms in total. The summed E-state index contributed by atoms with van der Waals surface area (Å²) in [5.41, 5.74) is 8.46. The van der Waals surface area contributed by atoms with Crippen LogP contribution in [-0.4, -0.2) is 46.9 Å². The Hall–Kier alpha value is -1.18. The number of benzene rings is 1. The van der Waals surface area contributed by atoms with Gasteiger partial charge in [0.1, 0.15) is 0 Å². The second-order valence-electron chi connectivity index (χ2n) is 8.27. The molecule has 1 aromatic heterocycles. The number of nitrogens with two attached hydrogens (primary N) is 1. The van der Waals surface area contributed by atoms with Crippen molar-refractivity contribution in [2.75, 3.05) is 26.2 Å². The van der Waals surface area contributed by atoms with Crippen LogP contribution in [0, 0.1) is 0 Å². The molecule has 162 valence electrons. The lowest BCUT2D eigenvalue weighted by atomic mass is 9.98. The van der Waals surface area contributed by atoms with Crippen molar-refractivity contribution in [2.45, 2.75) is 45.2 Å². The Bertz CT molecular complexity index is 756. The quantitative estimate of drug-likeness (QED) is 0.734. The average Bonchev–Trinajstić information content (AvgIpc) is 3.12. The number of hydrogen-bond donors (Lipinski definition) is 1. The molecule has 0 radical (unpaired) electrons. The molecule has 1 aromatic carbocycles. The Morgan fingerprint density at radius 1 is 1.14 bits per heavy atom. The molecule has 2 N–H and O–H groups in total. The molecule has 0 saturated carbocycles. The third-order valence-corrected chi connectivity index (χ3v) is 6.24. The molecule has 0 spiro atoms. The van der Waals surface area contributed by atoms with Gasteiger partial charge in [0.05, 0.1) is 10.7 Å². The molecule has 3 rings (SSSR count). The molecule has 1 aliphatic heterocycles. The minimum atomic E-state index is -0.234. The number of nitrogens with zero attached hydrogens (tertiary/aromatic N) is 3. The Morgan fingerprint density at radius 3 is 2.31 bits per heavy atom. The first kappa shape index (κ1) is 25.9. The van der Waals surface area contributed by atoms with E-state index in [1.54, 1.807) is 11.3 Å². The van der Waals surface area contributed by atoms with Gasteiger partial charge in [-0.3, -0.25) is 9.69 Å². The minimum absolute atomic E-state index is 0. The van der Waals surface area contributed by atoms with E-state index in [0.29, 0.717) is 6.42 Å². The van der Waals surface area contributed by atoms with Crippen molar-refractivity contribution >= 4 is 42.1 Å². The van der Waals surface area contributed by atoms with Crippen molar-refractivity contribution in [3.8, 4) is 0 Å². The Kier molecular flexibility index (Phi) is 10.1. The molecular weight excluding hydrogens is 427 g/mol. The summed E-state index contributed by atoms with van der Waals surface area (Å²) in [5, 5.41) is 3.35. The smallest absolute Gasteiger partial charge is 0.224 e. The molecule has 1 aliphatic rings. The van der Waals surface area contributed by atoms with Crippen molar-refractivity contribution in [1.29, 1.82) is 0 Å². The van der Waals surface area contributed by atoms with Crippen LogP contribution in [0.25, 0.3) is 0 Å². The fourth-order valence-corrected chi connectivity index (χ4v) is 4.14. The number of halogens is 2. The molecule has 29 heavy (non-hydrogen) atoms. The van der Waals surface area contributed by atoms with Crippen molar-refractivity contribution in [3.63, 3.8) is 0 Å². The highest BCUT2D eigenvalue weighted by molar-refractivity contribution is 7.09. The number of amides is 1. The van der Waals surface area contributed by atoms with Crippen LogP contribution in [0.2, 0.25) is 0 Å². The lowest BCUT2D eigenvalue weighted by Crippen LogP contribution is -2.48. The summed E-state index contributed by atoms with van der Waals surface area (Å²) >= 11 is 1.74. The van der Waals surface area contributed by atoms with Crippen LogP contribution in [-0.2, 0) is 16.8 Å². The summed E-state index contributed by atoms with van der Waals surface area (Å²) in [6.07, 6.45) is 0.366. The predicted octanol–water partition coefficient (Wildman–Crippen LogP) is 4.02. The molecule has 1 fully saturated rings. The fraction of sp³-hybridized carbons (Fsp3) is 0.524. The van der Waals surface area contributed by atoms with Crippen LogP contribution in [0.3, 0.4) is 0 Å². The topological polar surface area (TPSA) is 62.5 Å². The summed E-state index contributed by atoms with van der Waals surface area (Å²) in [4.78, 5) is 21.7. The molecule has 0 bridgehead atoms. The van der Waals surface area contributed by atoms with E-state index in [4.69, 9.17) is 10.7 Å². The third-order valence-electron chi connectivity index (χ3n) is 4.93. The first-order valence-electron chi connectivity index (χ1n) is 9.58. The van der Waals surface area contributed by atoms with Gasteiger partial charge < -0.3 is 10.6 Å². The Morgan fingerprint density at radius 2 is 1.76 bits per heavy atom. The zero-order valence-corrected chi connectivity index (χ0v) is 19.8. The van der Waals surface area contributed by atoms with Crippen molar-refractivity contribution in [2.24, 2.45) is 5.73 Å². The first-order valence-corrected chi connectivity index (χ1v) is 10.5. The highest BCUT2D eigenvalue weighted by Crippen LogP contribution is 2.26. The predicted molar refractivity (Wildman–Crippen MR) is 125 cm³/mol. The first-order chi connectivity index (χ1) is 12.8. The largest absolute Gasteiger partial charge is 0.340 e. The summed E-state index contributed by atoms with van der Waals surface area (Å²) in [5.74, 6) is 0.148. The Labute approximate surface area is 190 Å². The van der Waals surface area contributed by atoms with E-state index in [0.717, 1.165) is 44.0 Å². The molecule has 2 heterocycles. The van der Waals surface area contributed by atoms with Crippen LogP contribution >= 0.6 is 36.2 Å². The summed E-state index contributed by atoms with van der Waals surface area (Å²) < 4.78 is 0. The zero-order chi connectivity index (χ0) is 19.4. The van der Waals surface area contributed by atoms with Crippen LogP contribution in [0.4, 0.5) is 0 Å². The monoisotopic (exact) mass is 458 g/mol. The van der Waals surface area contributed by atoms with Gasteiger partial charge in [-0.15, -0.1) is 36.2 Å². The maximum Gasteiger partial charge on any atom is 0.224 e. The fourth-order valence-electron chi connectivity index (χ4n) is 3.24. The number of aromatic nitrogens is 1. The van der Waals surface area contributed by atoms with E-state index in [1.165, 1.54) is 5.01 Å². The second kappa shape index (κ2) is 11.3. The summed E-state index contributed by atoms with van der Waals surface area (Å²) in [6, 6.07) is 9.61. The van der Waals surface area contributed by atoms with Gasteiger partial charge in [0, 0.05) is 56.0 Å². The molecule has 1 amide bonds. The van der Waals surface area contributed by atoms with Gasteiger partial charge >= 0.3 is 0 Å². The normalized spacial score (nSPS) is 15.9. The van der Waals surface area contributed by atoms with Gasteiger partial charge in [-0.2, -0.15) is 0 Å². The van der Waals surface area contributed by atoms with Crippen LogP contribution in [0.15, 0.2) is 35.7 Å². The minimum Gasteiger partial charge on any atom is -0.340 e. The lowest BCUT2D eigenvalue weighted by Gasteiger charge is -2.35. The highest BCUT2D eigenvalue weighted by atomic mass is 35.5. The second-order valence-corrected chi connectivity index (χ2v) is 9.13. The number of thiazole rings is 1. The van der Waals surface area contributed by atoms with E-state index in [2.05, 4.69) is 31.1 Å². The van der Waals surface area contributed by atoms with E-state index < -0.39 is 0 Å². The van der Waals surface area contributed by atoms with Gasteiger partial charge in [0.15, 0.2) is 0 Å². The Balaban J connectivity index is 0.00000210. The van der Waals surface area contributed by atoms with Crippen LogP contribution < -0.4 is 5.73 Å². The molecular formula is C21H32Cl2N4OS. The third kappa shape index (κ3) is 7.23. The molecule has 1 saturated heterocycles. The lowest BCUT2D eigenvalue weighted by molar-refractivity contribution is -0.133. The standard InChI is InChI=1S/C21H30N4OS.2ClH/c1-21(2,3)20-23-17(15-27-20)14-24-9-11-25(12-10-24)19(26)13-18(22)16-7-5-4-6-8-16;;/h4-8,15,18H,9-14,22H2,1-3H3;2*1H.